The molecule has 1 amide bonds. The van der Waals surface area contributed by atoms with Crippen LogP contribution >= 0.6 is 0 Å². The molecule has 5 nitrogen and oxygen atoms in total. The summed E-state index contributed by atoms with van der Waals surface area (Å²) in [5.74, 6) is -1.21. The zero-order chi connectivity index (χ0) is 14.8. The summed E-state index contributed by atoms with van der Waals surface area (Å²) in [4.78, 5) is 20.2. The molecule has 2 N–H and O–H groups in total. The Balaban J connectivity index is 1.63. The Bertz CT molecular complexity index is 522. The summed E-state index contributed by atoms with van der Waals surface area (Å²) in [5.41, 5.74) is 5.45. The predicted octanol–water partition coefficient (Wildman–Crippen LogP) is 1.50. The topological polar surface area (TPSA) is 62.5 Å². The molecule has 6 heteroatoms. The quantitative estimate of drug-likeness (QED) is 0.897. The predicted molar refractivity (Wildman–Crippen MR) is 78.3 cm³/mol. The van der Waals surface area contributed by atoms with Gasteiger partial charge in [-0.1, -0.05) is 12.8 Å². The second-order valence-corrected chi connectivity index (χ2v) is 5.82. The summed E-state index contributed by atoms with van der Waals surface area (Å²) in [6.45, 7) is 3.05. The van der Waals surface area contributed by atoms with Gasteiger partial charge in [0.05, 0.1) is 5.56 Å². The van der Waals surface area contributed by atoms with Gasteiger partial charge in [-0.3, -0.25) is 9.69 Å². The average molecular weight is 292 g/mol. The Hall–Kier alpha value is -1.69. The first-order chi connectivity index (χ1) is 10.2. The molecule has 2 fully saturated rings. The molecule has 2 aliphatic rings. The number of halogens is 1. The van der Waals surface area contributed by atoms with Gasteiger partial charge in [-0.25, -0.2) is 9.37 Å². The number of pyridine rings is 1. The van der Waals surface area contributed by atoms with E-state index < -0.39 is 5.82 Å². The van der Waals surface area contributed by atoms with Crippen LogP contribution in [-0.2, 0) is 0 Å². The number of anilines is 1. The van der Waals surface area contributed by atoms with Crippen LogP contribution in [0.15, 0.2) is 12.3 Å². The lowest BCUT2D eigenvalue weighted by molar-refractivity contribution is 0.0569. The van der Waals surface area contributed by atoms with Gasteiger partial charge in [-0.05, 0) is 18.9 Å². The summed E-state index contributed by atoms with van der Waals surface area (Å²) in [5, 5.41) is 0. The molecule has 2 heterocycles. The van der Waals surface area contributed by atoms with Crippen molar-refractivity contribution in [2.45, 2.75) is 31.7 Å². The average Bonchev–Trinajstić information content (AvgIpc) is 3.04. The van der Waals surface area contributed by atoms with E-state index in [1.54, 1.807) is 4.90 Å². The van der Waals surface area contributed by atoms with Crippen molar-refractivity contribution >= 4 is 11.7 Å². The van der Waals surface area contributed by atoms with E-state index in [0.717, 1.165) is 13.1 Å². The van der Waals surface area contributed by atoms with E-state index in [2.05, 4.69) is 9.88 Å². The minimum atomic E-state index is -0.708. The number of hydrogen-bond donors (Lipinski definition) is 1. The third kappa shape index (κ3) is 2.85. The Morgan fingerprint density at radius 3 is 2.57 bits per heavy atom. The molecule has 1 aliphatic carbocycles. The molecular weight excluding hydrogens is 271 g/mol. The van der Waals surface area contributed by atoms with Gasteiger partial charge in [-0.15, -0.1) is 0 Å². The number of carbonyl (C=O) groups is 1. The van der Waals surface area contributed by atoms with Crippen molar-refractivity contribution in [3.8, 4) is 0 Å². The Kier molecular flexibility index (Phi) is 4.05. The molecule has 1 aromatic heterocycles. The van der Waals surface area contributed by atoms with Crippen LogP contribution in [0, 0.1) is 5.82 Å². The lowest BCUT2D eigenvalue weighted by Gasteiger charge is -2.38. The third-order valence-electron chi connectivity index (χ3n) is 4.59. The van der Waals surface area contributed by atoms with Crippen LogP contribution in [0.1, 0.15) is 36.0 Å². The Labute approximate surface area is 123 Å². The molecular formula is C15H21FN4O. The second kappa shape index (κ2) is 5.97. The first kappa shape index (κ1) is 14.3. The molecule has 1 aliphatic heterocycles. The number of aromatic nitrogens is 1. The zero-order valence-electron chi connectivity index (χ0n) is 12.1. The number of nitrogen functional groups attached to an aromatic ring is 1. The molecule has 0 atom stereocenters. The second-order valence-electron chi connectivity index (χ2n) is 5.82. The van der Waals surface area contributed by atoms with Crippen molar-refractivity contribution < 1.29 is 9.18 Å². The van der Waals surface area contributed by atoms with Crippen molar-refractivity contribution in [1.29, 1.82) is 0 Å². The fourth-order valence-electron chi connectivity index (χ4n) is 3.36. The van der Waals surface area contributed by atoms with E-state index in [1.165, 1.54) is 37.9 Å². The number of piperazine rings is 1. The first-order valence-electron chi connectivity index (χ1n) is 7.60. The Morgan fingerprint density at radius 1 is 1.24 bits per heavy atom. The number of hydrogen-bond acceptors (Lipinski definition) is 4. The maximum absolute atomic E-state index is 13.9. The summed E-state index contributed by atoms with van der Waals surface area (Å²) in [6.07, 6.45) is 6.53. The third-order valence-corrected chi connectivity index (χ3v) is 4.59. The van der Waals surface area contributed by atoms with Crippen molar-refractivity contribution in [2.24, 2.45) is 0 Å². The van der Waals surface area contributed by atoms with Crippen molar-refractivity contribution in [3.63, 3.8) is 0 Å². The van der Waals surface area contributed by atoms with Crippen LogP contribution in [-0.4, -0.2) is 52.9 Å². The van der Waals surface area contributed by atoms with Crippen LogP contribution < -0.4 is 5.73 Å². The van der Waals surface area contributed by atoms with E-state index >= 15 is 0 Å². The van der Waals surface area contributed by atoms with Gasteiger partial charge >= 0.3 is 0 Å². The summed E-state index contributed by atoms with van der Waals surface area (Å²) in [6, 6.07) is 2.08. The van der Waals surface area contributed by atoms with Crippen LogP contribution in [0.25, 0.3) is 0 Å². The standard InChI is InChI=1S/C15H21FN4O/c16-13-12(5-6-18-14(13)17)15(21)20-9-7-19(8-10-20)11-3-1-2-4-11/h5-6,11H,1-4,7-10H2,(H2,17,18). The molecule has 1 saturated carbocycles. The highest BCUT2D eigenvalue weighted by molar-refractivity contribution is 5.95. The molecule has 0 unspecified atom stereocenters. The fourth-order valence-corrected chi connectivity index (χ4v) is 3.36. The van der Waals surface area contributed by atoms with Gasteiger partial charge in [0.1, 0.15) is 0 Å². The molecule has 0 spiro atoms. The number of amides is 1. The van der Waals surface area contributed by atoms with Gasteiger partial charge in [0.15, 0.2) is 11.6 Å². The minimum absolute atomic E-state index is 0.0248. The maximum atomic E-state index is 13.9. The lowest BCUT2D eigenvalue weighted by atomic mass is 10.1. The first-order valence-corrected chi connectivity index (χ1v) is 7.60. The molecule has 0 aromatic carbocycles. The summed E-state index contributed by atoms with van der Waals surface area (Å²) >= 11 is 0. The van der Waals surface area contributed by atoms with Gasteiger partial charge in [-0.2, -0.15) is 0 Å². The number of rotatable bonds is 2. The molecule has 21 heavy (non-hydrogen) atoms. The number of nitrogens with two attached hydrogens (primary N) is 1. The molecule has 0 radical (unpaired) electrons. The lowest BCUT2D eigenvalue weighted by Crippen LogP contribution is -2.51. The largest absolute Gasteiger partial charge is 0.381 e. The highest BCUT2D eigenvalue weighted by Gasteiger charge is 2.29. The van der Waals surface area contributed by atoms with E-state index in [1.807, 2.05) is 0 Å². The molecule has 0 bridgehead atoms. The minimum Gasteiger partial charge on any atom is -0.381 e. The molecule has 1 saturated heterocycles. The van der Waals surface area contributed by atoms with Gasteiger partial charge < -0.3 is 10.6 Å². The van der Waals surface area contributed by atoms with Crippen LogP contribution in [0.4, 0.5) is 10.2 Å². The van der Waals surface area contributed by atoms with E-state index in [4.69, 9.17) is 5.73 Å². The van der Waals surface area contributed by atoms with Crippen molar-refractivity contribution in [2.75, 3.05) is 31.9 Å². The molecule has 114 valence electrons. The fraction of sp³-hybridized carbons (Fsp3) is 0.600. The van der Waals surface area contributed by atoms with Crippen molar-refractivity contribution in [1.82, 2.24) is 14.8 Å². The summed E-state index contributed by atoms with van der Waals surface area (Å²) < 4.78 is 13.9. The smallest absolute Gasteiger partial charge is 0.257 e. The SMILES string of the molecule is Nc1nccc(C(=O)N2CCN(C3CCCC3)CC2)c1F. The zero-order valence-corrected chi connectivity index (χ0v) is 12.1. The van der Waals surface area contributed by atoms with Crippen LogP contribution in [0.2, 0.25) is 0 Å². The van der Waals surface area contributed by atoms with Crippen LogP contribution in [0.5, 0.6) is 0 Å². The van der Waals surface area contributed by atoms with Gasteiger partial charge in [0, 0.05) is 38.4 Å². The Morgan fingerprint density at radius 2 is 1.90 bits per heavy atom. The number of nitrogens with zero attached hydrogens (tertiary/aromatic N) is 3. The van der Waals surface area contributed by atoms with Crippen molar-refractivity contribution in [3.05, 3.63) is 23.6 Å². The van der Waals surface area contributed by atoms with Crippen LogP contribution in [0.3, 0.4) is 0 Å². The highest BCUT2D eigenvalue weighted by Crippen LogP contribution is 2.24. The van der Waals surface area contributed by atoms with E-state index in [-0.39, 0.29) is 17.3 Å². The normalized spacial score (nSPS) is 20.9. The highest BCUT2D eigenvalue weighted by atomic mass is 19.1. The summed E-state index contributed by atoms with van der Waals surface area (Å²) in [7, 11) is 0. The monoisotopic (exact) mass is 292 g/mol. The number of carbonyl (C=O) groups excluding carboxylic acids is 1. The van der Waals surface area contributed by atoms with E-state index in [0.29, 0.717) is 19.1 Å². The maximum Gasteiger partial charge on any atom is 0.257 e. The van der Waals surface area contributed by atoms with Gasteiger partial charge in [0.25, 0.3) is 5.91 Å². The van der Waals surface area contributed by atoms with Gasteiger partial charge in [0.2, 0.25) is 0 Å². The molecule has 1 aromatic rings. The molecule has 3 rings (SSSR count). The van der Waals surface area contributed by atoms with E-state index in [9.17, 15) is 9.18 Å².